The van der Waals surface area contributed by atoms with Crippen LogP contribution in [0.3, 0.4) is 0 Å². The zero-order valence-electron chi connectivity index (χ0n) is 19.9. The van der Waals surface area contributed by atoms with Crippen LogP contribution in [0, 0.1) is 0 Å². The minimum Gasteiger partial charge on any atom is -0.507 e. The fourth-order valence-corrected chi connectivity index (χ4v) is 4.42. The SMILES string of the molecule is COc1ccccc1/C(O)=C1/C(=O)C(=O)N(CCc2ccc(Cl)cc2)C1c1ccc(N(C)C)cc1. The van der Waals surface area contributed by atoms with Crippen LogP contribution in [0.5, 0.6) is 5.75 Å². The van der Waals surface area contributed by atoms with Crippen molar-refractivity contribution in [2.24, 2.45) is 0 Å². The number of hydrogen-bond donors (Lipinski definition) is 1. The van der Waals surface area contributed by atoms with E-state index in [-0.39, 0.29) is 11.3 Å². The summed E-state index contributed by atoms with van der Waals surface area (Å²) >= 11 is 6.00. The van der Waals surface area contributed by atoms with Crippen molar-refractivity contribution in [3.63, 3.8) is 0 Å². The van der Waals surface area contributed by atoms with Crippen LogP contribution in [0.2, 0.25) is 5.02 Å². The Morgan fingerprint density at radius 3 is 2.29 bits per heavy atom. The van der Waals surface area contributed by atoms with Gasteiger partial charge in [-0.15, -0.1) is 0 Å². The first kappa shape index (κ1) is 24.4. The van der Waals surface area contributed by atoms with Crippen molar-refractivity contribution < 1.29 is 19.4 Å². The fraction of sp³-hybridized carbons (Fsp3) is 0.214. The largest absolute Gasteiger partial charge is 0.507 e. The maximum atomic E-state index is 13.3. The fourth-order valence-electron chi connectivity index (χ4n) is 4.30. The second kappa shape index (κ2) is 10.2. The van der Waals surface area contributed by atoms with Crippen molar-refractivity contribution in [1.29, 1.82) is 0 Å². The molecule has 1 heterocycles. The van der Waals surface area contributed by atoms with E-state index in [1.807, 2.05) is 55.4 Å². The highest BCUT2D eigenvalue weighted by molar-refractivity contribution is 6.46. The minimum absolute atomic E-state index is 0.0493. The summed E-state index contributed by atoms with van der Waals surface area (Å²) in [5, 5.41) is 11.9. The zero-order chi connectivity index (χ0) is 25.1. The van der Waals surface area contributed by atoms with Gasteiger partial charge in [0.1, 0.15) is 11.5 Å². The number of aliphatic hydroxyl groups excluding tert-OH is 1. The molecule has 180 valence electrons. The van der Waals surface area contributed by atoms with Crippen LogP contribution in [0.1, 0.15) is 22.7 Å². The summed E-state index contributed by atoms with van der Waals surface area (Å²) < 4.78 is 5.39. The quantitative estimate of drug-likeness (QED) is 0.284. The number of anilines is 1. The summed E-state index contributed by atoms with van der Waals surface area (Å²) in [6.45, 7) is 0.301. The molecule has 1 unspecified atom stereocenters. The van der Waals surface area contributed by atoms with E-state index >= 15 is 0 Å². The smallest absolute Gasteiger partial charge is 0.295 e. The molecule has 0 aliphatic carbocycles. The lowest BCUT2D eigenvalue weighted by atomic mass is 9.94. The lowest BCUT2D eigenvalue weighted by Crippen LogP contribution is -2.31. The molecule has 0 radical (unpaired) electrons. The maximum absolute atomic E-state index is 13.3. The Morgan fingerprint density at radius 2 is 1.66 bits per heavy atom. The van der Waals surface area contributed by atoms with E-state index in [1.54, 1.807) is 36.4 Å². The highest BCUT2D eigenvalue weighted by Crippen LogP contribution is 2.41. The van der Waals surface area contributed by atoms with Gasteiger partial charge in [0.05, 0.1) is 24.3 Å². The van der Waals surface area contributed by atoms with Crippen LogP contribution >= 0.6 is 11.6 Å². The summed E-state index contributed by atoms with van der Waals surface area (Å²) in [6, 6.07) is 21.2. The number of halogens is 1. The third kappa shape index (κ3) is 4.88. The molecule has 3 aromatic carbocycles. The molecule has 3 aromatic rings. The average Bonchev–Trinajstić information content (AvgIpc) is 3.12. The molecule has 1 N–H and O–H groups in total. The predicted molar refractivity (Wildman–Crippen MR) is 138 cm³/mol. The number of methoxy groups -OCH3 is 1. The number of ether oxygens (including phenoxy) is 1. The Labute approximate surface area is 210 Å². The van der Waals surface area contributed by atoms with Gasteiger partial charge in [-0.1, -0.05) is 48.0 Å². The molecular weight excluding hydrogens is 464 g/mol. The van der Waals surface area contributed by atoms with Gasteiger partial charge in [-0.3, -0.25) is 9.59 Å². The van der Waals surface area contributed by atoms with E-state index in [4.69, 9.17) is 16.3 Å². The van der Waals surface area contributed by atoms with E-state index < -0.39 is 17.7 Å². The Hall–Kier alpha value is -3.77. The van der Waals surface area contributed by atoms with E-state index in [0.29, 0.717) is 29.3 Å². The second-order valence-corrected chi connectivity index (χ2v) is 8.99. The molecule has 0 bridgehead atoms. The molecule has 7 heteroatoms. The van der Waals surface area contributed by atoms with Gasteiger partial charge in [-0.2, -0.15) is 0 Å². The molecule has 35 heavy (non-hydrogen) atoms. The molecule has 0 spiro atoms. The minimum atomic E-state index is -0.733. The third-order valence-electron chi connectivity index (χ3n) is 6.18. The number of rotatable bonds is 7. The number of aliphatic hydroxyl groups is 1. The number of hydrogen-bond acceptors (Lipinski definition) is 5. The van der Waals surface area contributed by atoms with Crippen LogP contribution in [0.15, 0.2) is 78.4 Å². The van der Waals surface area contributed by atoms with Crippen LogP contribution in [0.4, 0.5) is 5.69 Å². The Bertz CT molecular complexity index is 1270. The number of amides is 1. The summed E-state index contributed by atoms with van der Waals surface area (Å²) in [4.78, 5) is 30.0. The van der Waals surface area contributed by atoms with Crippen molar-refractivity contribution in [2.45, 2.75) is 12.5 Å². The Balaban J connectivity index is 1.80. The second-order valence-electron chi connectivity index (χ2n) is 8.56. The van der Waals surface area contributed by atoms with E-state index in [1.165, 1.54) is 12.0 Å². The van der Waals surface area contributed by atoms with Crippen molar-refractivity contribution in [2.75, 3.05) is 32.6 Å². The van der Waals surface area contributed by atoms with Gasteiger partial charge in [0.25, 0.3) is 11.7 Å². The topological polar surface area (TPSA) is 70.1 Å². The van der Waals surface area contributed by atoms with Crippen molar-refractivity contribution >= 4 is 34.7 Å². The van der Waals surface area contributed by atoms with E-state index in [2.05, 4.69) is 0 Å². The lowest BCUT2D eigenvalue weighted by molar-refractivity contribution is -0.139. The van der Waals surface area contributed by atoms with Gasteiger partial charge < -0.3 is 19.6 Å². The van der Waals surface area contributed by atoms with Crippen molar-refractivity contribution in [1.82, 2.24) is 4.90 Å². The standard InChI is InChI=1S/C28H27ClN2O4/c1-30(2)21-14-10-19(11-15-21)25-24(26(32)22-6-4-5-7-23(22)35-3)27(33)28(34)31(25)17-16-18-8-12-20(29)13-9-18/h4-15,25,32H,16-17H2,1-3H3/b26-24-. The molecule has 4 rings (SSSR count). The number of carbonyl (C=O) groups is 2. The third-order valence-corrected chi connectivity index (χ3v) is 6.43. The van der Waals surface area contributed by atoms with Crippen molar-refractivity contribution in [3.05, 3.63) is 100 Å². The number of benzene rings is 3. The molecule has 1 amide bonds. The number of likely N-dealkylation sites (tertiary alicyclic amines) is 1. The lowest BCUT2D eigenvalue weighted by Gasteiger charge is -2.26. The Kier molecular flexibility index (Phi) is 7.12. The number of nitrogens with zero attached hydrogens (tertiary/aromatic N) is 2. The summed E-state index contributed by atoms with van der Waals surface area (Å²) in [5.74, 6) is -1.20. The first-order valence-corrected chi connectivity index (χ1v) is 11.6. The molecule has 1 saturated heterocycles. The van der Waals surface area contributed by atoms with Gasteiger partial charge in [0, 0.05) is 31.4 Å². The first-order chi connectivity index (χ1) is 16.8. The van der Waals surface area contributed by atoms with Gasteiger partial charge in [0.2, 0.25) is 0 Å². The molecule has 1 aliphatic heterocycles. The molecule has 6 nitrogen and oxygen atoms in total. The van der Waals surface area contributed by atoms with Gasteiger partial charge in [0.15, 0.2) is 0 Å². The zero-order valence-corrected chi connectivity index (χ0v) is 20.6. The monoisotopic (exact) mass is 490 g/mol. The molecule has 1 fully saturated rings. The van der Waals surface area contributed by atoms with Crippen molar-refractivity contribution in [3.8, 4) is 5.75 Å². The highest BCUT2D eigenvalue weighted by Gasteiger charge is 2.46. The Morgan fingerprint density at radius 1 is 1.00 bits per heavy atom. The average molecular weight is 491 g/mol. The van der Waals surface area contributed by atoms with Crippen LogP contribution in [-0.2, 0) is 16.0 Å². The van der Waals surface area contributed by atoms with E-state index in [0.717, 1.165) is 16.8 Å². The molecule has 1 atom stereocenters. The summed E-state index contributed by atoms with van der Waals surface area (Å²) in [5.41, 5.74) is 3.12. The summed E-state index contributed by atoms with van der Waals surface area (Å²) in [7, 11) is 5.37. The van der Waals surface area contributed by atoms with Crippen LogP contribution in [-0.4, -0.2) is 49.4 Å². The first-order valence-electron chi connectivity index (χ1n) is 11.3. The molecule has 0 aromatic heterocycles. The molecule has 0 saturated carbocycles. The maximum Gasteiger partial charge on any atom is 0.295 e. The van der Waals surface area contributed by atoms with Crippen LogP contribution in [0.25, 0.3) is 5.76 Å². The number of carbonyl (C=O) groups excluding carboxylic acids is 2. The summed E-state index contributed by atoms with van der Waals surface area (Å²) in [6.07, 6.45) is 0.533. The highest BCUT2D eigenvalue weighted by atomic mass is 35.5. The number of Topliss-reactive ketones (excluding diaryl/α,β-unsaturated/α-hetero) is 1. The predicted octanol–water partition coefficient (Wildman–Crippen LogP) is 5.08. The van der Waals surface area contributed by atoms with Gasteiger partial charge in [-0.05, 0) is 53.9 Å². The van der Waals surface area contributed by atoms with Crippen LogP contribution < -0.4 is 9.64 Å². The normalized spacial score (nSPS) is 17.0. The van der Waals surface area contributed by atoms with E-state index in [9.17, 15) is 14.7 Å². The van der Waals surface area contributed by atoms with Gasteiger partial charge in [-0.25, -0.2) is 0 Å². The van der Waals surface area contributed by atoms with Gasteiger partial charge >= 0.3 is 0 Å². The number of ketones is 1. The number of para-hydroxylation sites is 1. The molecule has 1 aliphatic rings. The molecular formula is C28H27ClN2O4.